The van der Waals surface area contributed by atoms with Crippen molar-refractivity contribution in [2.75, 3.05) is 30.4 Å². The Morgan fingerprint density at radius 1 is 1.28 bits per heavy atom. The Kier molecular flexibility index (Phi) is 4.09. The number of methoxy groups -OCH3 is 1. The van der Waals surface area contributed by atoms with Gasteiger partial charge in [0.05, 0.1) is 28.9 Å². The lowest BCUT2D eigenvalue weighted by atomic mass is 10.0. The number of hydrogen-bond donors (Lipinski definition) is 1. The molecule has 0 spiro atoms. The number of anilines is 2. The largest absolute Gasteiger partial charge is 0.497 e. The molecule has 0 radical (unpaired) electrons. The Balaban J connectivity index is 1.40. The maximum absolute atomic E-state index is 12.3. The molecule has 0 atom stereocenters. The van der Waals surface area contributed by atoms with Crippen molar-refractivity contribution in [1.82, 2.24) is 9.97 Å². The zero-order valence-electron chi connectivity index (χ0n) is 14.2. The van der Waals surface area contributed by atoms with Gasteiger partial charge in [-0.1, -0.05) is 11.3 Å². The number of amides is 1. The molecule has 1 aliphatic rings. The molecule has 1 fully saturated rings. The first-order chi connectivity index (χ1) is 12.0. The summed E-state index contributed by atoms with van der Waals surface area (Å²) in [5, 5.41) is 4.57. The molecule has 0 aliphatic carbocycles. The predicted octanol–water partition coefficient (Wildman–Crippen LogP) is 3.45. The molecule has 3 aromatic rings. The van der Waals surface area contributed by atoms with Crippen LogP contribution < -0.4 is 15.0 Å². The lowest BCUT2D eigenvalue weighted by Gasteiger charge is -2.37. The van der Waals surface area contributed by atoms with Crippen LogP contribution in [0.1, 0.15) is 10.6 Å². The number of nitrogens with one attached hydrogen (secondary N) is 1. The van der Waals surface area contributed by atoms with E-state index in [0.717, 1.165) is 31.7 Å². The van der Waals surface area contributed by atoms with Gasteiger partial charge in [-0.25, -0.2) is 9.97 Å². The lowest BCUT2D eigenvalue weighted by molar-refractivity contribution is -0.120. The average Bonchev–Trinajstić information content (AvgIpc) is 3.08. The van der Waals surface area contributed by atoms with Crippen molar-refractivity contribution in [2.45, 2.75) is 13.8 Å². The Hall–Kier alpha value is -2.19. The molecule has 3 heterocycles. The van der Waals surface area contributed by atoms with Crippen LogP contribution in [-0.2, 0) is 4.79 Å². The number of carbonyl (C=O) groups excluding carboxylic acids is 1. The van der Waals surface area contributed by atoms with E-state index < -0.39 is 0 Å². The van der Waals surface area contributed by atoms with Gasteiger partial charge in [-0.15, -0.1) is 11.3 Å². The molecule has 2 aromatic heterocycles. The van der Waals surface area contributed by atoms with Crippen LogP contribution in [0.15, 0.2) is 18.2 Å². The van der Waals surface area contributed by atoms with E-state index in [-0.39, 0.29) is 11.8 Å². The number of ether oxygens (including phenoxy) is 1. The monoisotopic (exact) mass is 374 g/mol. The normalized spacial score (nSPS) is 14.6. The van der Waals surface area contributed by atoms with Gasteiger partial charge in [0.2, 0.25) is 5.91 Å². The number of aryl methyl sites for hydroxylation is 2. The molecule has 25 heavy (non-hydrogen) atoms. The summed E-state index contributed by atoms with van der Waals surface area (Å²) >= 11 is 3.16. The van der Waals surface area contributed by atoms with Crippen molar-refractivity contribution < 1.29 is 9.53 Å². The summed E-state index contributed by atoms with van der Waals surface area (Å²) in [6.07, 6.45) is 0. The van der Waals surface area contributed by atoms with Crippen LogP contribution in [0.2, 0.25) is 0 Å². The molecule has 8 heteroatoms. The molecule has 1 aromatic carbocycles. The average molecular weight is 374 g/mol. The van der Waals surface area contributed by atoms with Gasteiger partial charge in [0.15, 0.2) is 10.3 Å². The minimum atomic E-state index is -0.0222. The molecule has 1 aliphatic heterocycles. The molecule has 6 nitrogen and oxygen atoms in total. The highest BCUT2D eigenvalue weighted by atomic mass is 32.1. The summed E-state index contributed by atoms with van der Waals surface area (Å²) in [5.74, 6) is 0.818. The van der Waals surface area contributed by atoms with Crippen molar-refractivity contribution in [1.29, 1.82) is 0 Å². The summed E-state index contributed by atoms with van der Waals surface area (Å²) in [6, 6.07) is 5.90. The molecule has 1 amide bonds. The fourth-order valence-corrected chi connectivity index (χ4v) is 4.47. The highest BCUT2D eigenvalue weighted by Crippen LogP contribution is 2.34. The van der Waals surface area contributed by atoms with E-state index in [4.69, 9.17) is 4.74 Å². The Bertz CT molecular complexity index is 924. The van der Waals surface area contributed by atoms with Crippen LogP contribution in [0.5, 0.6) is 5.75 Å². The first-order valence-corrected chi connectivity index (χ1v) is 9.61. The third-order valence-corrected chi connectivity index (χ3v) is 6.45. The van der Waals surface area contributed by atoms with Gasteiger partial charge in [-0.2, -0.15) is 0 Å². The smallest absolute Gasteiger partial charge is 0.232 e. The van der Waals surface area contributed by atoms with E-state index in [1.807, 2.05) is 32.0 Å². The van der Waals surface area contributed by atoms with E-state index in [0.29, 0.717) is 18.2 Å². The highest BCUT2D eigenvalue weighted by Gasteiger charge is 2.34. The molecular formula is C17H18N4O2S2. The number of hydrogen-bond acceptors (Lipinski definition) is 7. The minimum Gasteiger partial charge on any atom is -0.497 e. The minimum absolute atomic E-state index is 0.0222. The van der Waals surface area contributed by atoms with Gasteiger partial charge in [0.1, 0.15) is 5.75 Å². The van der Waals surface area contributed by atoms with Crippen molar-refractivity contribution in [3.8, 4) is 5.75 Å². The second kappa shape index (κ2) is 6.27. The Morgan fingerprint density at radius 3 is 2.76 bits per heavy atom. The van der Waals surface area contributed by atoms with Gasteiger partial charge in [0.25, 0.3) is 0 Å². The van der Waals surface area contributed by atoms with Gasteiger partial charge >= 0.3 is 0 Å². The van der Waals surface area contributed by atoms with Gasteiger partial charge in [0, 0.05) is 24.0 Å². The van der Waals surface area contributed by atoms with E-state index in [9.17, 15) is 4.79 Å². The first-order valence-electron chi connectivity index (χ1n) is 7.98. The van der Waals surface area contributed by atoms with Crippen molar-refractivity contribution in [3.63, 3.8) is 0 Å². The number of carbonyl (C=O) groups is 1. The van der Waals surface area contributed by atoms with Crippen molar-refractivity contribution in [2.24, 2.45) is 5.92 Å². The molecule has 4 rings (SSSR count). The fraction of sp³-hybridized carbons (Fsp3) is 0.353. The van der Waals surface area contributed by atoms with Gasteiger partial charge in [-0.3, -0.25) is 4.79 Å². The van der Waals surface area contributed by atoms with Crippen LogP contribution in [0.25, 0.3) is 10.2 Å². The van der Waals surface area contributed by atoms with Crippen LogP contribution >= 0.6 is 22.7 Å². The Morgan fingerprint density at radius 2 is 2.08 bits per heavy atom. The van der Waals surface area contributed by atoms with Gasteiger partial charge < -0.3 is 15.0 Å². The highest BCUT2D eigenvalue weighted by molar-refractivity contribution is 7.22. The van der Waals surface area contributed by atoms with E-state index in [2.05, 4.69) is 20.2 Å². The quantitative estimate of drug-likeness (QED) is 0.758. The number of thiazole rings is 2. The van der Waals surface area contributed by atoms with Crippen LogP contribution in [0, 0.1) is 19.8 Å². The molecule has 1 N–H and O–H groups in total. The van der Waals surface area contributed by atoms with Crippen LogP contribution in [0.4, 0.5) is 10.3 Å². The predicted molar refractivity (Wildman–Crippen MR) is 102 cm³/mol. The summed E-state index contributed by atoms with van der Waals surface area (Å²) in [6.45, 7) is 5.34. The van der Waals surface area contributed by atoms with Gasteiger partial charge in [-0.05, 0) is 26.0 Å². The summed E-state index contributed by atoms with van der Waals surface area (Å²) < 4.78 is 6.36. The molecular weight excluding hydrogens is 356 g/mol. The number of aromatic nitrogens is 2. The third kappa shape index (κ3) is 3.07. The topological polar surface area (TPSA) is 67.3 Å². The number of rotatable bonds is 4. The van der Waals surface area contributed by atoms with Crippen LogP contribution in [0.3, 0.4) is 0 Å². The molecule has 0 unspecified atom stereocenters. The molecule has 130 valence electrons. The maximum atomic E-state index is 12.3. The second-order valence-corrected chi connectivity index (χ2v) is 8.29. The van der Waals surface area contributed by atoms with Crippen LogP contribution in [-0.4, -0.2) is 36.1 Å². The first kappa shape index (κ1) is 16.3. The van der Waals surface area contributed by atoms with E-state index >= 15 is 0 Å². The Labute approximate surface area is 153 Å². The zero-order valence-corrected chi connectivity index (χ0v) is 15.8. The number of fused-ring (bicyclic) bond motifs is 1. The summed E-state index contributed by atoms with van der Waals surface area (Å²) in [4.78, 5) is 24.6. The zero-order chi connectivity index (χ0) is 17.6. The second-order valence-electron chi connectivity index (χ2n) is 6.08. The fourth-order valence-electron chi connectivity index (χ4n) is 2.69. The SMILES string of the molecule is COc1ccc2sc(N3CC(C(=O)Nc4nc(C)c(C)s4)C3)nc2c1. The molecule has 0 bridgehead atoms. The number of nitrogens with zero attached hydrogens (tertiary/aromatic N) is 3. The van der Waals surface area contributed by atoms with E-state index in [1.165, 1.54) is 11.3 Å². The molecule has 1 saturated heterocycles. The summed E-state index contributed by atoms with van der Waals surface area (Å²) in [5.41, 5.74) is 1.90. The van der Waals surface area contributed by atoms with Crippen molar-refractivity contribution >= 4 is 49.1 Å². The molecule has 0 saturated carbocycles. The van der Waals surface area contributed by atoms with Crippen molar-refractivity contribution in [3.05, 3.63) is 28.8 Å². The maximum Gasteiger partial charge on any atom is 0.232 e. The van der Waals surface area contributed by atoms with E-state index in [1.54, 1.807) is 18.4 Å². The number of benzene rings is 1. The third-order valence-electron chi connectivity index (χ3n) is 4.36. The summed E-state index contributed by atoms with van der Waals surface area (Å²) in [7, 11) is 1.65. The standard InChI is InChI=1S/C17H18N4O2S2/c1-9-10(2)24-16(18-9)20-15(22)11-7-21(8-11)17-19-13-6-12(23-3)4-5-14(13)25-17/h4-6,11H,7-8H2,1-3H3,(H,18,20,22). The lowest BCUT2D eigenvalue weighted by Crippen LogP contribution is -2.52.